The van der Waals surface area contributed by atoms with Crippen LogP contribution < -0.4 is 11.1 Å². The van der Waals surface area contributed by atoms with Crippen LogP contribution in [0.5, 0.6) is 0 Å². The molecule has 1 atom stereocenters. The monoisotopic (exact) mass is 314 g/mol. The van der Waals surface area contributed by atoms with Crippen molar-refractivity contribution in [1.29, 1.82) is 0 Å². The maximum absolute atomic E-state index is 12.5. The molecular formula is C14H22N2O4S. The molecule has 118 valence electrons. The van der Waals surface area contributed by atoms with Crippen molar-refractivity contribution in [2.24, 2.45) is 0 Å². The molecule has 0 heterocycles. The van der Waals surface area contributed by atoms with Crippen molar-refractivity contribution in [3.63, 3.8) is 0 Å². The van der Waals surface area contributed by atoms with Crippen molar-refractivity contribution in [1.82, 2.24) is 5.32 Å². The molecule has 0 aromatic heterocycles. The topological polar surface area (TPSA) is 98.5 Å². The van der Waals surface area contributed by atoms with Gasteiger partial charge in [-0.25, -0.2) is 8.42 Å². The van der Waals surface area contributed by atoms with Crippen molar-refractivity contribution >= 4 is 21.4 Å². The SMILES string of the molecule is COCCCNC(=O)C(C)S(=O)(=O)c1cccc(C)c1N. The highest BCUT2D eigenvalue weighted by Crippen LogP contribution is 2.25. The molecule has 0 spiro atoms. The normalized spacial score (nSPS) is 12.9. The average molecular weight is 314 g/mol. The second kappa shape index (κ2) is 7.42. The molecule has 7 heteroatoms. The van der Waals surface area contributed by atoms with E-state index in [2.05, 4.69) is 5.32 Å². The Labute approximate surface area is 125 Å². The van der Waals surface area contributed by atoms with Crippen LogP contribution in [0.1, 0.15) is 18.9 Å². The van der Waals surface area contributed by atoms with Crippen LogP contribution in [-0.4, -0.2) is 39.8 Å². The van der Waals surface area contributed by atoms with Crippen molar-refractivity contribution in [3.8, 4) is 0 Å². The van der Waals surface area contributed by atoms with Gasteiger partial charge < -0.3 is 15.8 Å². The molecule has 1 unspecified atom stereocenters. The van der Waals surface area contributed by atoms with Crippen LogP contribution in [-0.2, 0) is 19.4 Å². The van der Waals surface area contributed by atoms with Crippen molar-refractivity contribution in [3.05, 3.63) is 23.8 Å². The van der Waals surface area contributed by atoms with Gasteiger partial charge in [-0.3, -0.25) is 4.79 Å². The van der Waals surface area contributed by atoms with E-state index in [9.17, 15) is 13.2 Å². The molecular weight excluding hydrogens is 292 g/mol. The lowest BCUT2D eigenvalue weighted by atomic mass is 10.2. The smallest absolute Gasteiger partial charge is 0.238 e. The molecule has 1 rings (SSSR count). The summed E-state index contributed by atoms with van der Waals surface area (Å²) in [6.45, 7) is 3.97. The molecule has 0 fully saturated rings. The van der Waals surface area contributed by atoms with E-state index in [1.807, 2.05) is 0 Å². The zero-order valence-electron chi connectivity index (χ0n) is 12.5. The predicted molar refractivity (Wildman–Crippen MR) is 81.7 cm³/mol. The number of hydrogen-bond donors (Lipinski definition) is 2. The Morgan fingerprint density at radius 1 is 1.43 bits per heavy atom. The van der Waals surface area contributed by atoms with Crippen LogP contribution in [0.4, 0.5) is 5.69 Å². The number of nitrogen functional groups attached to an aromatic ring is 1. The Morgan fingerprint density at radius 3 is 2.71 bits per heavy atom. The zero-order chi connectivity index (χ0) is 16.0. The maximum Gasteiger partial charge on any atom is 0.238 e. The lowest BCUT2D eigenvalue weighted by Crippen LogP contribution is -2.38. The Morgan fingerprint density at radius 2 is 2.10 bits per heavy atom. The van der Waals surface area contributed by atoms with Crippen molar-refractivity contribution < 1.29 is 17.9 Å². The number of benzene rings is 1. The van der Waals surface area contributed by atoms with Gasteiger partial charge in [-0.15, -0.1) is 0 Å². The molecule has 6 nitrogen and oxygen atoms in total. The molecule has 1 amide bonds. The van der Waals surface area contributed by atoms with E-state index in [0.717, 1.165) is 0 Å². The van der Waals surface area contributed by atoms with E-state index in [-0.39, 0.29) is 10.6 Å². The van der Waals surface area contributed by atoms with Crippen LogP contribution in [0.15, 0.2) is 23.1 Å². The van der Waals surface area contributed by atoms with Gasteiger partial charge in [-0.1, -0.05) is 12.1 Å². The minimum absolute atomic E-state index is 0.00189. The van der Waals surface area contributed by atoms with Gasteiger partial charge in [0.2, 0.25) is 5.91 Å². The Kier molecular flexibility index (Phi) is 6.17. The number of carbonyl (C=O) groups is 1. The summed E-state index contributed by atoms with van der Waals surface area (Å²) in [6, 6.07) is 4.76. The fourth-order valence-corrected chi connectivity index (χ4v) is 3.29. The van der Waals surface area contributed by atoms with Gasteiger partial charge in [0, 0.05) is 20.3 Å². The van der Waals surface area contributed by atoms with Crippen molar-refractivity contribution in [2.75, 3.05) is 26.0 Å². The Balaban J connectivity index is 2.87. The van der Waals surface area contributed by atoms with Crippen LogP contribution in [0, 0.1) is 6.92 Å². The van der Waals surface area contributed by atoms with Gasteiger partial charge in [0.1, 0.15) is 5.25 Å². The summed E-state index contributed by atoms with van der Waals surface area (Å²) < 4.78 is 29.8. The van der Waals surface area contributed by atoms with E-state index in [0.29, 0.717) is 25.1 Å². The Bertz CT molecular complexity index is 599. The van der Waals surface area contributed by atoms with E-state index >= 15 is 0 Å². The molecule has 1 aromatic carbocycles. The summed E-state index contributed by atoms with van der Waals surface area (Å²) in [7, 11) is -2.24. The van der Waals surface area contributed by atoms with Gasteiger partial charge in [0.15, 0.2) is 9.84 Å². The van der Waals surface area contributed by atoms with E-state index < -0.39 is 21.0 Å². The van der Waals surface area contributed by atoms with E-state index in [1.54, 1.807) is 26.2 Å². The highest BCUT2D eigenvalue weighted by Gasteiger charge is 2.31. The van der Waals surface area contributed by atoms with Gasteiger partial charge in [-0.05, 0) is 31.9 Å². The summed E-state index contributed by atoms with van der Waals surface area (Å²) in [5, 5.41) is 1.40. The maximum atomic E-state index is 12.5. The largest absolute Gasteiger partial charge is 0.397 e. The standard InChI is InChI=1S/C14H22N2O4S/c1-10-6-4-7-12(13(10)15)21(18,19)11(2)14(17)16-8-5-9-20-3/h4,6-7,11H,5,8-9,15H2,1-3H3,(H,16,17). The second-order valence-corrected chi connectivity index (χ2v) is 7.05. The Hall–Kier alpha value is -1.60. The fraction of sp³-hybridized carbons (Fsp3) is 0.500. The van der Waals surface area contributed by atoms with Gasteiger partial charge in [0.05, 0.1) is 10.6 Å². The molecule has 1 aromatic rings. The molecule has 0 aliphatic rings. The van der Waals surface area contributed by atoms with Gasteiger partial charge in [0.25, 0.3) is 0 Å². The highest BCUT2D eigenvalue weighted by molar-refractivity contribution is 7.93. The first-order valence-electron chi connectivity index (χ1n) is 6.68. The number of methoxy groups -OCH3 is 1. The van der Waals surface area contributed by atoms with Crippen LogP contribution in [0.25, 0.3) is 0 Å². The summed E-state index contributed by atoms with van der Waals surface area (Å²) >= 11 is 0. The fourth-order valence-electron chi connectivity index (χ4n) is 1.81. The molecule has 0 bridgehead atoms. The number of anilines is 1. The van der Waals surface area contributed by atoms with E-state index in [4.69, 9.17) is 10.5 Å². The molecule has 3 N–H and O–H groups in total. The first-order valence-corrected chi connectivity index (χ1v) is 8.22. The number of aryl methyl sites for hydroxylation is 1. The number of nitrogens with one attached hydrogen (secondary N) is 1. The average Bonchev–Trinajstić information content (AvgIpc) is 2.45. The van der Waals surface area contributed by atoms with Crippen LogP contribution in [0.3, 0.4) is 0 Å². The quantitative estimate of drug-likeness (QED) is 0.575. The third-order valence-corrected chi connectivity index (χ3v) is 5.36. The summed E-state index contributed by atoms with van der Waals surface area (Å²) in [5.74, 6) is -0.535. The zero-order valence-corrected chi connectivity index (χ0v) is 13.4. The number of rotatable bonds is 7. The van der Waals surface area contributed by atoms with Gasteiger partial charge in [-0.2, -0.15) is 0 Å². The van der Waals surface area contributed by atoms with Crippen molar-refractivity contribution in [2.45, 2.75) is 30.4 Å². The number of nitrogens with two attached hydrogens (primary N) is 1. The number of hydrogen-bond acceptors (Lipinski definition) is 5. The minimum atomic E-state index is -3.80. The second-order valence-electron chi connectivity index (χ2n) is 4.81. The molecule has 0 radical (unpaired) electrons. The lowest BCUT2D eigenvalue weighted by molar-refractivity contribution is -0.120. The molecule has 0 aliphatic carbocycles. The molecule has 21 heavy (non-hydrogen) atoms. The number of carbonyl (C=O) groups excluding carboxylic acids is 1. The minimum Gasteiger partial charge on any atom is -0.397 e. The van der Waals surface area contributed by atoms with E-state index in [1.165, 1.54) is 13.0 Å². The number of sulfone groups is 1. The number of amides is 1. The first kappa shape index (κ1) is 17.5. The first-order chi connectivity index (χ1) is 9.82. The highest BCUT2D eigenvalue weighted by atomic mass is 32.2. The summed E-state index contributed by atoms with van der Waals surface area (Å²) in [4.78, 5) is 12.0. The summed E-state index contributed by atoms with van der Waals surface area (Å²) in [5.41, 5.74) is 6.68. The molecule has 0 aliphatic heterocycles. The summed E-state index contributed by atoms with van der Waals surface area (Å²) in [6.07, 6.45) is 0.627. The third kappa shape index (κ3) is 4.18. The van der Waals surface area contributed by atoms with Crippen LogP contribution >= 0.6 is 0 Å². The van der Waals surface area contributed by atoms with Crippen LogP contribution in [0.2, 0.25) is 0 Å². The molecule has 0 saturated carbocycles. The van der Waals surface area contributed by atoms with Gasteiger partial charge >= 0.3 is 0 Å². The third-order valence-electron chi connectivity index (χ3n) is 3.25. The predicted octanol–water partition coefficient (Wildman–Crippen LogP) is 0.892. The number of para-hydroxylation sites is 1. The molecule has 0 saturated heterocycles. The number of ether oxygens (including phenoxy) is 1. The lowest BCUT2D eigenvalue weighted by Gasteiger charge is -2.15.